The van der Waals surface area contributed by atoms with Gasteiger partial charge in [0.25, 0.3) is 11.8 Å². The fourth-order valence-corrected chi connectivity index (χ4v) is 2.66. The SMILES string of the molecule is CCn1ccc2ccc(NC(=O)c3ccccc3OCC(N)=O)cc21. The maximum Gasteiger partial charge on any atom is 0.259 e. The van der Waals surface area contributed by atoms with Crippen LogP contribution in [0.1, 0.15) is 17.3 Å². The van der Waals surface area contributed by atoms with Crippen LogP contribution in [-0.2, 0) is 11.3 Å². The molecule has 0 atom stereocenters. The van der Waals surface area contributed by atoms with Crippen molar-refractivity contribution in [2.75, 3.05) is 11.9 Å². The molecular weight excluding hydrogens is 318 g/mol. The molecule has 6 nitrogen and oxygen atoms in total. The van der Waals surface area contributed by atoms with Crippen molar-refractivity contribution in [2.45, 2.75) is 13.5 Å². The van der Waals surface area contributed by atoms with Crippen molar-refractivity contribution in [1.29, 1.82) is 0 Å². The predicted molar refractivity (Wildman–Crippen MR) is 96.7 cm³/mol. The first-order valence-electron chi connectivity index (χ1n) is 7.99. The number of primary amides is 1. The molecule has 3 aromatic rings. The van der Waals surface area contributed by atoms with Crippen molar-refractivity contribution in [2.24, 2.45) is 5.73 Å². The number of carbonyl (C=O) groups is 2. The number of hydrogen-bond donors (Lipinski definition) is 2. The maximum atomic E-state index is 12.6. The number of nitrogens with zero attached hydrogens (tertiary/aromatic N) is 1. The van der Waals surface area contributed by atoms with Gasteiger partial charge in [0.15, 0.2) is 6.61 Å². The number of ether oxygens (including phenoxy) is 1. The molecule has 2 amide bonds. The molecule has 0 saturated heterocycles. The van der Waals surface area contributed by atoms with E-state index in [0.717, 1.165) is 17.4 Å². The molecule has 128 valence electrons. The van der Waals surface area contributed by atoms with Gasteiger partial charge in [-0.3, -0.25) is 9.59 Å². The van der Waals surface area contributed by atoms with Crippen LogP contribution < -0.4 is 15.8 Å². The second-order valence-electron chi connectivity index (χ2n) is 5.58. The molecule has 1 aromatic heterocycles. The van der Waals surface area contributed by atoms with E-state index in [1.165, 1.54) is 0 Å². The molecule has 0 saturated carbocycles. The van der Waals surface area contributed by atoms with Gasteiger partial charge in [0, 0.05) is 18.4 Å². The van der Waals surface area contributed by atoms with E-state index in [1.807, 2.05) is 30.5 Å². The third-order valence-electron chi connectivity index (χ3n) is 3.87. The van der Waals surface area contributed by atoms with Gasteiger partial charge in [-0.25, -0.2) is 0 Å². The summed E-state index contributed by atoms with van der Waals surface area (Å²) in [5.41, 5.74) is 7.18. The number of para-hydroxylation sites is 1. The molecule has 0 aliphatic carbocycles. The van der Waals surface area contributed by atoms with Crippen LogP contribution in [0.25, 0.3) is 10.9 Å². The minimum atomic E-state index is -0.596. The van der Waals surface area contributed by atoms with E-state index in [2.05, 4.69) is 16.8 Å². The molecule has 0 radical (unpaired) electrons. The van der Waals surface area contributed by atoms with Gasteiger partial charge in [0.1, 0.15) is 5.75 Å². The van der Waals surface area contributed by atoms with Gasteiger partial charge in [-0.2, -0.15) is 0 Å². The topological polar surface area (TPSA) is 86.3 Å². The Morgan fingerprint density at radius 1 is 1.16 bits per heavy atom. The Bertz CT molecular complexity index is 931. The number of hydrogen-bond acceptors (Lipinski definition) is 3. The largest absolute Gasteiger partial charge is 0.483 e. The van der Waals surface area contributed by atoms with Crippen LogP contribution in [0.15, 0.2) is 54.7 Å². The summed E-state index contributed by atoms with van der Waals surface area (Å²) in [6.45, 7) is 2.64. The number of fused-ring (bicyclic) bond motifs is 1. The molecule has 0 fully saturated rings. The van der Waals surface area contributed by atoms with Gasteiger partial charge in [-0.05, 0) is 42.6 Å². The zero-order chi connectivity index (χ0) is 17.8. The Labute approximate surface area is 145 Å². The molecule has 0 aliphatic rings. The molecule has 1 heterocycles. The number of aryl methyl sites for hydroxylation is 1. The monoisotopic (exact) mass is 337 g/mol. The van der Waals surface area contributed by atoms with Crippen LogP contribution in [0.4, 0.5) is 5.69 Å². The van der Waals surface area contributed by atoms with Crippen LogP contribution >= 0.6 is 0 Å². The van der Waals surface area contributed by atoms with Crippen LogP contribution in [0.3, 0.4) is 0 Å². The summed E-state index contributed by atoms with van der Waals surface area (Å²) in [4.78, 5) is 23.5. The fourth-order valence-electron chi connectivity index (χ4n) is 2.66. The fraction of sp³-hybridized carbons (Fsp3) is 0.158. The van der Waals surface area contributed by atoms with Crippen molar-refractivity contribution < 1.29 is 14.3 Å². The molecule has 3 rings (SSSR count). The summed E-state index contributed by atoms with van der Waals surface area (Å²) in [7, 11) is 0. The number of benzene rings is 2. The highest BCUT2D eigenvalue weighted by Crippen LogP contribution is 2.23. The minimum Gasteiger partial charge on any atom is -0.483 e. The number of amides is 2. The molecule has 0 bridgehead atoms. The Hall–Kier alpha value is -3.28. The Balaban J connectivity index is 1.84. The first kappa shape index (κ1) is 16.6. The van der Waals surface area contributed by atoms with Crippen molar-refractivity contribution in [3.63, 3.8) is 0 Å². The second kappa shape index (κ2) is 7.09. The zero-order valence-corrected chi connectivity index (χ0v) is 13.9. The van der Waals surface area contributed by atoms with E-state index in [0.29, 0.717) is 17.0 Å². The number of nitrogens with one attached hydrogen (secondary N) is 1. The van der Waals surface area contributed by atoms with E-state index in [4.69, 9.17) is 10.5 Å². The van der Waals surface area contributed by atoms with Gasteiger partial charge in [-0.1, -0.05) is 18.2 Å². The first-order chi connectivity index (χ1) is 12.1. The van der Waals surface area contributed by atoms with Gasteiger partial charge < -0.3 is 20.4 Å². The minimum absolute atomic E-state index is 0.278. The first-order valence-corrected chi connectivity index (χ1v) is 7.99. The lowest BCUT2D eigenvalue weighted by molar-refractivity contribution is -0.119. The van der Waals surface area contributed by atoms with Crippen molar-refractivity contribution >= 4 is 28.4 Å². The number of nitrogens with two attached hydrogens (primary N) is 1. The molecule has 0 aliphatic heterocycles. The lowest BCUT2D eigenvalue weighted by atomic mass is 10.1. The van der Waals surface area contributed by atoms with Crippen LogP contribution in [0.2, 0.25) is 0 Å². The smallest absolute Gasteiger partial charge is 0.259 e. The lowest BCUT2D eigenvalue weighted by Crippen LogP contribution is -2.21. The van der Waals surface area contributed by atoms with Gasteiger partial charge >= 0.3 is 0 Å². The molecule has 6 heteroatoms. The van der Waals surface area contributed by atoms with E-state index >= 15 is 0 Å². The molecule has 3 N–H and O–H groups in total. The van der Waals surface area contributed by atoms with E-state index in [-0.39, 0.29) is 12.5 Å². The number of anilines is 1. The van der Waals surface area contributed by atoms with Gasteiger partial charge in [-0.15, -0.1) is 0 Å². The summed E-state index contributed by atoms with van der Waals surface area (Å²) in [6.07, 6.45) is 2.02. The summed E-state index contributed by atoms with van der Waals surface area (Å²) >= 11 is 0. The molecule has 0 spiro atoms. The Kier molecular flexibility index (Phi) is 4.70. The van der Waals surface area contributed by atoms with E-state index in [1.54, 1.807) is 24.3 Å². The third kappa shape index (κ3) is 3.63. The molecule has 0 unspecified atom stereocenters. The highest BCUT2D eigenvalue weighted by Gasteiger charge is 2.13. The average molecular weight is 337 g/mol. The standard InChI is InChI=1S/C19H19N3O3/c1-2-22-10-9-13-7-8-14(11-16(13)22)21-19(24)15-5-3-4-6-17(15)25-12-18(20)23/h3-11H,2,12H2,1H3,(H2,20,23)(H,21,24). The highest BCUT2D eigenvalue weighted by molar-refractivity contribution is 6.07. The summed E-state index contributed by atoms with van der Waals surface area (Å²) < 4.78 is 7.42. The van der Waals surface area contributed by atoms with Crippen LogP contribution in [-0.4, -0.2) is 23.0 Å². The number of aromatic nitrogens is 1. The predicted octanol–water partition coefficient (Wildman–Crippen LogP) is 2.78. The highest BCUT2D eigenvalue weighted by atomic mass is 16.5. The average Bonchev–Trinajstić information content (AvgIpc) is 3.02. The normalized spacial score (nSPS) is 10.6. The Morgan fingerprint density at radius 2 is 1.96 bits per heavy atom. The Morgan fingerprint density at radius 3 is 2.72 bits per heavy atom. The second-order valence-corrected chi connectivity index (χ2v) is 5.58. The van der Waals surface area contributed by atoms with E-state index < -0.39 is 5.91 Å². The maximum absolute atomic E-state index is 12.6. The summed E-state index contributed by atoms with van der Waals surface area (Å²) in [6, 6.07) is 14.5. The number of rotatable bonds is 6. The van der Waals surface area contributed by atoms with Gasteiger partial charge in [0.2, 0.25) is 0 Å². The quantitative estimate of drug-likeness (QED) is 0.725. The molecular formula is C19H19N3O3. The van der Waals surface area contributed by atoms with Gasteiger partial charge in [0.05, 0.1) is 11.1 Å². The molecule has 25 heavy (non-hydrogen) atoms. The third-order valence-corrected chi connectivity index (χ3v) is 3.87. The number of carbonyl (C=O) groups excluding carboxylic acids is 2. The van der Waals surface area contributed by atoms with Crippen molar-refractivity contribution in [1.82, 2.24) is 4.57 Å². The van der Waals surface area contributed by atoms with Crippen molar-refractivity contribution in [3.8, 4) is 5.75 Å². The summed E-state index contributed by atoms with van der Waals surface area (Å²) in [5, 5.41) is 3.99. The summed E-state index contributed by atoms with van der Waals surface area (Å²) in [5.74, 6) is -0.591. The zero-order valence-electron chi connectivity index (χ0n) is 13.9. The van der Waals surface area contributed by atoms with E-state index in [9.17, 15) is 9.59 Å². The lowest BCUT2D eigenvalue weighted by Gasteiger charge is -2.11. The van der Waals surface area contributed by atoms with Crippen molar-refractivity contribution in [3.05, 3.63) is 60.3 Å². The van der Waals surface area contributed by atoms with Crippen LogP contribution in [0.5, 0.6) is 5.75 Å². The van der Waals surface area contributed by atoms with Crippen LogP contribution in [0, 0.1) is 0 Å². The molecule has 2 aromatic carbocycles.